The average Bonchev–Trinajstić information content (AvgIpc) is 2.72. The molecule has 2 aromatic carbocycles. The molecular formula is C20H23Cl2N3O3S. The molecule has 0 aromatic heterocycles. The van der Waals surface area contributed by atoms with E-state index >= 15 is 0 Å². The summed E-state index contributed by atoms with van der Waals surface area (Å²) in [4.78, 5) is 16.8. The summed E-state index contributed by atoms with van der Waals surface area (Å²) >= 11 is 11.9. The van der Waals surface area contributed by atoms with Crippen LogP contribution in [0.5, 0.6) is 0 Å². The fourth-order valence-corrected chi connectivity index (χ4v) is 4.97. The van der Waals surface area contributed by atoms with Crippen LogP contribution in [0, 0.1) is 0 Å². The van der Waals surface area contributed by atoms with Gasteiger partial charge in [-0.25, -0.2) is 8.42 Å². The molecule has 9 heteroatoms. The topological polar surface area (TPSA) is 60.9 Å². The van der Waals surface area contributed by atoms with Gasteiger partial charge in [-0.1, -0.05) is 36.2 Å². The van der Waals surface area contributed by atoms with Gasteiger partial charge in [0.05, 0.1) is 11.4 Å². The smallest absolute Gasteiger partial charge is 0.243 e. The van der Waals surface area contributed by atoms with Gasteiger partial charge in [0, 0.05) is 48.5 Å². The van der Waals surface area contributed by atoms with E-state index in [2.05, 4.69) is 4.90 Å². The molecule has 0 saturated carbocycles. The molecule has 2 aromatic rings. The van der Waals surface area contributed by atoms with Crippen LogP contribution in [0.25, 0.3) is 0 Å². The van der Waals surface area contributed by atoms with Gasteiger partial charge < -0.3 is 9.80 Å². The normalized spacial score (nSPS) is 15.0. The average molecular weight is 456 g/mol. The molecule has 6 nitrogen and oxygen atoms in total. The van der Waals surface area contributed by atoms with Crippen molar-refractivity contribution in [2.24, 2.45) is 0 Å². The summed E-state index contributed by atoms with van der Waals surface area (Å²) in [7, 11) is -3.76. The number of hydrogen-bond donors (Lipinski definition) is 0. The zero-order chi connectivity index (χ0) is 21.0. The van der Waals surface area contributed by atoms with E-state index in [0.29, 0.717) is 36.2 Å². The number of rotatable bonds is 6. The molecule has 0 bridgehead atoms. The number of anilines is 1. The Bertz CT molecular complexity index is 959. The summed E-state index contributed by atoms with van der Waals surface area (Å²) < 4.78 is 26.9. The maximum absolute atomic E-state index is 12.9. The van der Waals surface area contributed by atoms with E-state index in [4.69, 9.17) is 23.2 Å². The molecule has 0 spiro atoms. The molecule has 0 unspecified atom stereocenters. The third-order valence-electron chi connectivity index (χ3n) is 4.92. The third kappa shape index (κ3) is 5.22. The molecule has 1 fully saturated rings. The Morgan fingerprint density at radius 3 is 2.24 bits per heavy atom. The third-order valence-corrected chi connectivity index (χ3v) is 7.34. The Hall–Kier alpha value is -1.80. The van der Waals surface area contributed by atoms with E-state index in [9.17, 15) is 13.2 Å². The Kier molecular flexibility index (Phi) is 7.05. The van der Waals surface area contributed by atoms with Crippen molar-refractivity contribution in [3.63, 3.8) is 0 Å². The standard InChI is InChI=1S/C20H23Cl2N3O3S/c1-2-25(29(27,28)19-8-6-16(21)7-9-19)15-20(26)24-12-10-23(11-13-24)18-5-3-4-17(22)14-18/h3-9,14H,2,10-13,15H2,1H3. The Balaban J connectivity index is 1.62. The van der Waals surface area contributed by atoms with E-state index in [0.717, 1.165) is 5.69 Å². The predicted octanol–water partition coefficient (Wildman–Crippen LogP) is 3.35. The molecule has 0 N–H and O–H groups in total. The number of likely N-dealkylation sites (N-methyl/N-ethyl adjacent to an activating group) is 1. The van der Waals surface area contributed by atoms with Gasteiger partial charge in [0.25, 0.3) is 0 Å². The van der Waals surface area contributed by atoms with Gasteiger partial charge in [-0.15, -0.1) is 0 Å². The van der Waals surface area contributed by atoms with Crippen LogP contribution in [-0.2, 0) is 14.8 Å². The number of piperazine rings is 1. The van der Waals surface area contributed by atoms with Crippen LogP contribution >= 0.6 is 23.2 Å². The molecule has 1 heterocycles. The second kappa shape index (κ2) is 9.34. The SMILES string of the molecule is CCN(CC(=O)N1CCN(c2cccc(Cl)c2)CC1)S(=O)(=O)c1ccc(Cl)cc1. The van der Waals surface area contributed by atoms with Gasteiger partial charge in [-0.2, -0.15) is 4.31 Å². The van der Waals surface area contributed by atoms with Crippen molar-refractivity contribution in [1.29, 1.82) is 0 Å². The number of amides is 1. The zero-order valence-corrected chi connectivity index (χ0v) is 18.4. The number of nitrogens with zero attached hydrogens (tertiary/aromatic N) is 3. The van der Waals surface area contributed by atoms with Crippen molar-refractivity contribution in [3.8, 4) is 0 Å². The van der Waals surface area contributed by atoms with Gasteiger partial charge in [-0.3, -0.25) is 4.79 Å². The number of hydrogen-bond acceptors (Lipinski definition) is 4. The molecule has 29 heavy (non-hydrogen) atoms. The number of benzene rings is 2. The molecule has 0 atom stereocenters. The van der Waals surface area contributed by atoms with E-state index < -0.39 is 10.0 Å². The summed E-state index contributed by atoms with van der Waals surface area (Å²) in [5.74, 6) is -0.199. The summed E-state index contributed by atoms with van der Waals surface area (Å²) in [6, 6.07) is 13.6. The number of halogens is 2. The number of carbonyl (C=O) groups excluding carboxylic acids is 1. The molecule has 1 saturated heterocycles. The van der Waals surface area contributed by atoms with Crippen molar-refractivity contribution in [2.75, 3.05) is 44.2 Å². The van der Waals surface area contributed by atoms with Crippen LogP contribution in [0.1, 0.15) is 6.92 Å². The lowest BCUT2D eigenvalue weighted by Gasteiger charge is -2.37. The monoisotopic (exact) mass is 455 g/mol. The van der Waals surface area contributed by atoms with E-state index in [1.807, 2.05) is 24.3 Å². The first-order valence-electron chi connectivity index (χ1n) is 9.35. The quantitative estimate of drug-likeness (QED) is 0.669. The second-order valence-electron chi connectivity index (χ2n) is 6.73. The molecule has 1 aliphatic heterocycles. The molecule has 3 rings (SSSR count). The number of sulfonamides is 1. The molecule has 0 radical (unpaired) electrons. The van der Waals surface area contributed by atoms with Crippen LogP contribution in [0.3, 0.4) is 0 Å². The van der Waals surface area contributed by atoms with Crippen LogP contribution in [0.15, 0.2) is 53.4 Å². The predicted molar refractivity (Wildman–Crippen MR) is 116 cm³/mol. The molecule has 1 aliphatic rings. The van der Waals surface area contributed by atoms with Gasteiger partial charge in [0.2, 0.25) is 15.9 Å². The van der Waals surface area contributed by atoms with Crippen LogP contribution in [0.4, 0.5) is 5.69 Å². The highest BCUT2D eigenvalue weighted by atomic mass is 35.5. The zero-order valence-electron chi connectivity index (χ0n) is 16.1. The Morgan fingerprint density at radius 1 is 1.00 bits per heavy atom. The Morgan fingerprint density at radius 2 is 1.66 bits per heavy atom. The first-order valence-corrected chi connectivity index (χ1v) is 11.5. The van der Waals surface area contributed by atoms with E-state index in [-0.39, 0.29) is 23.9 Å². The van der Waals surface area contributed by atoms with Gasteiger partial charge in [-0.05, 0) is 42.5 Å². The lowest BCUT2D eigenvalue weighted by Crippen LogP contribution is -2.51. The molecular weight excluding hydrogens is 433 g/mol. The highest BCUT2D eigenvalue weighted by Crippen LogP contribution is 2.22. The van der Waals surface area contributed by atoms with Crippen molar-refractivity contribution in [3.05, 3.63) is 58.6 Å². The maximum atomic E-state index is 12.9. The summed E-state index contributed by atoms with van der Waals surface area (Å²) in [6.07, 6.45) is 0. The summed E-state index contributed by atoms with van der Waals surface area (Å²) in [5, 5.41) is 1.13. The first kappa shape index (κ1) is 21.9. The fourth-order valence-electron chi connectivity index (χ4n) is 3.26. The summed E-state index contributed by atoms with van der Waals surface area (Å²) in [6.45, 7) is 4.15. The van der Waals surface area contributed by atoms with Crippen LogP contribution in [0.2, 0.25) is 10.0 Å². The largest absolute Gasteiger partial charge is 0.368 e. The van der Waals surface area contributed by atoms with Crippen molar-refractivity contribution >= 4 is 44.8 Å². The van der Waals surface area contributed by atoms with Crippen LogP contribution in [-0.4, -0.2) is 62.8 Å². The number of carbonyl (C=O) groups is 1. The molecule has 0 aliphatic carbocycles. The lowest BCUT2D eigenvalue weighted by molar-refractivity contribution is -0.131. The minimum absolute atomic E-state index is 0.127. The minimum Gasteiger partial charge on any atom is -0.368 e. The molecule has 1 amide bonds. The maximum Gasteiger partial charge on any atom is 0.243 e. The highest BCUT2D eigenvalue weighted by molar-refractivity contribution is 7.89. The second-order valence-corrected chi connectivity index (χ2v) is 9.54. The fraction of sp³-hybridized carbons (Fsp3) is 0.350. The van der Waals surface area contributed by atoms with Crippen molar-refractivity contribution < 1.29 is 13.2 Å². The van der Waals surface area contributed by atoms with E-state index in [1.165, 1.54) is 28.6 Å². The highest BCUT2D eigenvalue weighted by Gasteiger charge is 2.28. The molecule has 156 valence electrons. The van der Waals surface area contributed by atoms with Crippen molar-refractivity contribution in [1.82, 2.24) is 9.21 Å². The van der Waals surface area contributed by atoms with Gasteiger partial charge in [0.1, 0.15) is 0 Å². The summed E-state index contributed by atoms with van der Waals surface area (Å²) in [5.41, 5.74) is 1.02. The minimum atomic E-state index is -3.76. The lowest BCUT2D eigenvalue weighted by atomic mass is 10.2. The van der Waals surface area contributed by atoms with Crippen molar-refractivity contribution in [2.45, 2.75) is 11.8 Å². The van der Waals surface area contributed by atoms with Gasteiger partial charge in [0.15, 0.2) is 0 Å². The van der Waals surface area contributed by atoms with Crippen LogP contribution < -0.4 is 4.90 Å². The first-order chi connectivity index (χ1) is 13.8. The van der Waals surface area contributed by atoms with E-state index in [1.54, 1.807) is 11.8 Å². The van der Waals surface area contributed by atoms with Gasteiger partial charge >= 0.3 is 0 Å². The Labute approximate surface area is 181 Å².